The molecule has 0 radical (unpaired) electrons. The van der Waals surface area contributed by atoms with Crippen LogP contribution in [0.3, 0.4) is 0 Å². The first-order valence-corrected chi connectivity index (χ1v) is 10.7. The Morgan fingerprint density at radius 1 is 1.06 bits per heavy atom. The van der Waals surface area contributed by atoms with Crippen molar-refractivity contribution in [2.75, 3.05) is 0 Å². The van der Waals surface area contributed by atoms with Gasteiger partial charge in [0.2, 0.25) is 23.1 Å². The van der Waals surface area contributed by atoms with Crippen molar-refractivity contribution in [3.8, 4) is 0 Å². The Bertz CT molecular complexity index is 992. The first kappa shape index (κ1) is 25.8. The van der Waals surface area contributed by atoms with Crippen LogP contribution >= 0.6 is 0 Å². The molecule has 34 heavy (non-hydrogen) atoms. The van der Waals surface area contributed by atoms with Crippen LogP contribution in [0.2, 0.25) is 0 Å². The molecular formula is C23H28O11. The molecule has 11 nitrogen and oxygen atoms in total. The van der Waals surface area contributed by atoms with E-state index in [1.807, 2.05) is 37.3 Å². The molecule has 0 aliphatic carbocycles. The number of aliphatic carboxylic acids is 3. The summed E-state index contributed by atoms with van der Waals surface area (Å²) < 4.78 is 10.5. The summed E-state index contributed by atoms with van der Waals surface area (Å²) in [5, 5.41) is 60.7. The van der Waals surface area contributed by atoms with Gasteiger partial charge in [0.15, 0.2) is 0 Å². The van der Waals surface area contributed by atoms with Crippen molar-refractivity contribution in [3.63, 3.8) is 0 Å². The number of aliphatic hydroxyl groups excluding tert-OH is 2. The van der Waals surface area contributed by atoms with Crippen molar-refractivity contribution in [2.24, 2.45) is 5.92 Å². The number of aliphatic hydroxyl groups is 3. The van der Waals surface area contributed by atoms with Crippen molar-refractivity contribution in [1.29, 1.82) is 0 Å². The van der Waals surface area contributed by atoms with E-state index in [2.05, 4.69) is 0 Å². The molecule has 1 aromatic rings. The minimum absolute atomic E-state index is 0.199. The molecule has 2 aliphatic heterocycles. The normalized spacial score (nSPS) is 36.1. The summed E-state index contributed by atoms with van der Waals surface area (Å²) in [5.41, 5.74) is -5.20. The van der Waals surface area contributed by atoms with Gasteiger partial charge in [0.25, 0.3) is 0 Å². The second-order valence-electron chi connectivity index (χ2n) is 9.01. The van der Waals surface area contributed by atoms with E-state index in [0.717, 1.165) is 17.6 Å². The Hall–Kier alpha value is -2.83. The second-order valence-corrected chi connectivity index (χ2v) is 9.01. The van der Waals surface area contributed by atoms with Crippen LogP contribution in [0, 0.1) is 5.92 Å². The number of hydrogen-bond donors (Lipinski definition) is 6. The SMILES string of the molecule is C/C(=C\C[C@]12O[C@H](C(=O)O)[C@@](O)(C(=O)O)[C@](C(=O)O)(O1)[C@H](O)[C@H]2O)C[C@H](C)Cc1ccccc1. The third kappa shape index (κ3) is 3.89. The number of ether oxygens (including phenoxy) is 2. The molecule has 2 bridgehead atoms. The summed E-state index contributed by atoms with van der Waals surface area (Å²) in [6.45, 7) is 3.79. The van der Waals surface area contributed by atoms with Gasteiger partial charge < -0.3 is 40.1 Å². The average molecular weight is 480 g/mol. The topological polar surface area (TPSA) is 191 Å². The highest BCUT2D eigenvalue weighted by molar-refractivity contribution is 5.97. The highest BCUT2D eigenvalue weighted by atomic mass is 16.8. The van der Waals surface area contributed by atoms with E-state index in [4.69, 9.17) is 9.47 Å². The lowest BCUT2D eigenvalue weighted by atomic mass is 9.74. The minimum atomic E-state index is -3.73. The highest BCUT2D eigenvalue weighted by Crippen LogP contribution is 2.54. The zero-order chi connectivity index (χ0) is 25.5. The summed E-state index contributed by atoms with van der Waals surface area (Å²) in [5.74, 6) is -8.66. The van der Waals surface area contributed by atoms with Crippen LogP contribution < -0.4 is 0 Å². The minimum Gasteiger partial charge on any atom is -0.479 e. The molecule has 7 atom stereocenters. The Kier molecular flexibility index (Phi) is 6.89. The van der Waals surface area contributed by atoms with Gasteiger partial charge >= 0.3 is 17.9 Å². The number of rotatable bonds is 9. The van der Waals surface area contributed by atoms with E-state index in [1.165, 1.54) is 0 Å². The molecule has 0 spiro atoms. The van der Waals surface area contributed by atoms with Gasteiger partial charge in [-0.25, -0.2) is 14.4 Å². The van der Waals surface area contributed by atoms with E-state index >= 15 is 0 Å². The molecule has 2 saturated heterocycles. The lowest BCUT2D eigenvalue weighted by Gasteiger charge is -2.48. The van der Waals surface area contributed by atoms with Crippen LogP contribution in [0.15, 0.2) is 42.0 Å². The molecule has 2 aliphatic rings. The predicted molar refractivity (Wildman–Crippen MR) is 114 cm³/mol. The molecule has 186 valence electrons. The van der Waals surface area contributed by atoms with E-state index in [0.29, 0.717) is 6.42 Å². The van der Waals surface area contributed by atoms with Crippen LogP contribution in [0.25, 0.3) is 0 Å². The fourth-order valence-corrected chi connectivity index (χ4v) is 4.81. The molecule has 11 heteroatoms. The molecule has 6 N–H and O–H groups in total. The summed E-state index contributed by atoms with van der Waals surface area (Å²) in [7, 11) is 0. The Morgan fingerprint density at radius 3 is 2.21 bits per heavy atom. The Labute approximate surface area is 194 Å². The standard InChI is InChI=1S/C23H28O11/c1-12(10-13(2)11-14-6-4-3-5-7-14)8-9-21-15(24)16(25)23(34-21,20(30)31)22(32,19(28)29)17(33-21)18(26)27/h3-8,13,15-17,24-25,32H,9-11H2,1-2H3,(H,26,27)(H,28,29)(H,30,31)/b12-8+/t13-,15+,16+,17+,21-,22+,23-/m0/s1. The second kappa shape index (κ2) is 9.08. The molecule has 1 aromatic carbocycles. The smallest absolute Gasteiger partial charge is 0.343 e. The predicted octanol–water partition coefficient (Wildman–Crippen LogP) is 0.163. The van der Waals surface area contributed by atoms with Gasteiger partial charge in [0, 0.05) is 6.42 Å². The molecule has 0 saturated carbocycles. The summed E-state index contributed by atoms with van der Waals surface area (Å²) in [6.07, 6.45) is -4.79. The van der Waals surface area contributed by atoms with Gasteiger partial charge in [-0.2, -0.15) is 0 Å². The van der Waals surface area contributed by atoms with E-state index in [1.54, 1.807) is 13.0 Å². The Balaban J connectivity index is 1.90. The number of carbonyl (C=O) groups is 3. The Morgan fingerprint density at radius 2 is 1.68 bits per heavy atom. The van der Waals surface area contributed by atoms with Gasteiger partial charge in [0.1, 0.15) is 12.2 Å². The molecule has 3 rings (SSSR count). The quantitative estimate of drug-likeness (QED) is 0.264. The molecule has 0 unspecified atom stereocenters. The van der Waals surface area contributed by atoms with Crippen molar-refractivity contribution < 1.29 is 54.5 Å². The van der Waals surface area contributed by atoms with Crippen LogP contribution in [-0.4, -0.2) is 83.8 Å². The van der Waals surface area contributed by atoms with Crippen LogP contribution in [0.1, 0.15) is 32.3 Å². The van der Waals surface area contributed by atoms with Crippen LogP contribution in [-0.2, 0) is 30.3 Å². The lowest BCUT2D eigenvalue weighted by Crippen LogP contribution is -2.77. The summed E-state index contributed by atoms with van der Waals surface area (Å²) >= 11 is 0. The molecule has 0 aromatic heterocycles. The summed E-state index contributed by atoms with van der Waals surface area (Å²) in [4.78, 5) is 35.7. The maximum atomic E-state index is 12.1. The number of fused-ring (bicyclic) bond motifs is 2. The van der Waals surface area contributed by atoms with Gasteiger partial charge in [-0.1, -0.05) is 48.9 Å². The van der Waals surface area contributed by atoms with Gasteiger partial charge in [-0.3, -0.25) is 0 Å². The largest absolute Gasteiger partial charge is 0.479 e. The van der Waals surface area contributed by atoms with Crippen molar-refractivity contribution in [1.82, 2.24) is 0 Å². The highest BCUT2D eigenvalue weighted by Gasteiger charge is 2.84. The number of carboxylic acid groups (broad SMARTS) is 3. The third-order valence-corrected chi connectivity index (χ3v) is 6.46. The first-order chi connectivity index (χ1) is 15.8. The van der Waals surface area contributed by atoms with Gasteiger partial charge in [-0.05, 0) is 31.2 Å². The molecular weight excluding hydrogens is 452 g/mol. The maximum Gasteiger partial charge on any atom is 0.343 e. The van der Waals surface area contributed by atoms with Crippen LogP contribution in [0.4, 0.5) is 0 Å². The monoisotopic (exact) mass is 480 g/mol. The molecule has 0 amide bonds. The first-order valence-electron chi connectivity index (χ1n) is 10.7. The van der Waals surface area contributed by atoms with E-state index < -0.39 is 59.6 Å². The zero-order valence-electron chi connectivity index (χ0n) is 18.6. The fourth-order valence-electron chi connectivity index (χ4n) is 4.81. The zero-order valence-corrected chi connectivity index (χ0v) is 18.6. The lowest BCUT2D eigenvalue weighted by molar-refractivity contribution is -0.371. The van der Waals surface area contributed by atoms with Gasteiger partial charge in [-0.15, -0.1) is 0 Å². The van der Waals surface area contributed by atoms with E-state index in [9.17, 15) is 45.0 Å². The van der Waals surface area contributed by atoms with Crippen LogP contribution in [0.5, 0.6) is 0 Å². The number of allylic oxidation sites excluding steroid dienone is 1. The number of carboxylic acids is 3. The number of benzene rings is 1. The van der Waals surface area contributed by atoms with Crippen molar-refractivity contribution >= 4 is 17.9 Å². The van der Waals surface area contributed by atoms with Gasteiger partial charge in [0.05, 0.1) is 0 Å². The van der Waals surface area contributed by atoms with Crippen molar-refractivity contribution in [2.45, 2.75) is 68.4 Å². The average Bonchev–Trinajstić information content (AvgIpc) is 2.96. The molecule has 2 heterocycles. The summed E-state index contributed by atoms with van der Waals surface area (Å²) in [6, 6.07) is 9.77. The molecule has 2 fully saturated rings. The van der Waals surface area contributed by atoms with Crippen molar-refractivity contribution in [3.05, 3.63) is 47.5 Å². The number of hydrogen-bond acceptors (Lipinski definition) is 8. The van der Waals surface area contributed by atoms with E-state index in [-0.39, 0.29) is 5.92 Å². The maximum absolute atomic E-state index is 12.1. The third-order valence-electron chi connectivity index (χ3n) is 6.46. The fraction of sp³-hybridized carbons (Fsp3) is 0.522.